The standard InChI is InChI=1S/C17H23N3O3/c1-23-13-3-4-15-11(7-13)6-12(20-15)9-19-17(22)10-2-5-16(21)14(18)8-10/h3-4,6-7,10,14,16,20-21H,2,5,8-9,18H2,1H3,(H,19,22)/t10-,14+,16+/m0/s1. The Morgan fingerprint density at radius 2 is 2.26 bits per heavy atom. The van der Waals surface area contributed by atoms with Gasteiger partial charge in [0.2, 0.25) is 5.91 Å². The zero-order valence-corrected chi connectivity index (χ0v) is 13.2. The Kier molecular flexibility index (Phi) is 4.54. The van der Waals surface area contributed by atoms with E-state index >= 15 is 0 Å². The lowest BCUT2D eigenvalue weighted by Crippen LogP contribution is -2.44. The molecule has 0 saturated heterocycles. The molecule has 1 aliphatic rings. The van der Waals surface area contributed by atoms with Crippen molar-refractivity contribution in [3.8, 4) is 5.75 Å². The van der Waals surface area contributed by atoms with E-state index in [4.69, 9.17) is 10.5 Å². The van der Waals surface area contributed by atoms with E-state index in [1.165, 1.54) is 0 Å². The molecule has 6 nitrogen and oxygen atoms in total. The lowest BCUT2D eigenvalue weighted by atomic mass is 9.84. The molecule has 1 fully saturated rings. The third-order valence-corrected chi connectivity index (χ3v) is 4.57. The van der Waals surface area contributed by atoms with Crippen molar-refractivity contribution in [2.75, 3.05) is 7.11 Å². The van der Waals surface area contributed by atoms with Crippen molar-refractivity contribution in [3.63, 3.8) is 0 Å². The highest BCUT2D eigenvalue weighted by molar-refractivity contribution is 5.82. The first-order valence-corrected chi connectivity index (χ1v) is 7.94. The Balaban J connectivity index is 1.60. The summed E-state index contributed by atoms with van der Waals surface area (Å²) in [5, 5.41) is 13.6. The molecule has 1 heterocycles. The Morgan fingerprint density at radius 1 is 1.43 bits per heavy atom. The number of hydrogen-bond acceptors (Lipinski definition) is 4. The number of benzene rings is 1. The molecule has 1 aliphatic carbocycles. The first-order chi connectivity index (χ1) is 11.1. The molecule has 0 radical (unpaired) electrons. The van der Waals surface area contributed by atoms with Crippen LogP contribution in [0.25, 0.3) is 10.9 Å². The molecule has 2 aromatic rings. The molecule has 3 atom stereocenters. The van der Waals surface area contributed by atoms with Crippen LogP contribution in [0.1, 0.15) is 25.0 Å². The van der Waals surface area contributed by atoms with E-state index in [0.29, 0.717) is 25.8 Å². The van der Waals surface area contributed by atoms with Crippen LogP contribution in [0, 0.1) is 5.92 Å². The van der Waals surface area contributed by atoms with Crippen molar-refractivity contribution < 1.29 is 14.6 Å². The van der Waals surface area contributed by atoms with Gasteiger partial charge < -0.3 is 25.9 Å². The van der Waals surface area contributed by atoms with Crippen LogP contribution in [0.2, 0.25) is 0 Å². The van der Waals surface area contributed by atoms with E-state index in [1.807, 2.05) is 24.3 Å². The Morgan fingerprint density at radius 3 is 3.00 bits per heavy atom. The molecule has 23 heavy (non-hydrogen) atoms. The Hall–Kier alpha value is -2.05. The van der Waals surface area contributed by atoms with E-state index in [0.717, 1.165) is 22.3 Å². The molecule has 1 saturated carbocycles. The third kappa shape index (κ3) is 3.48. The Bertz CT molecular complexity index is 697. The summed E-state index contributed by atoms with van der Waals surface area (Å²) in [6.07, 6.45) is 1.33. The summed E-state index contributed by atoms with van der Waals surface area (Å²) in [4.78, 5) is 15.5. The average molecular weight is 317 g/mol. The number of amides is 1. The predicted molar refractivity (Wildman–Crippen MR) is 88.0 cm³/mol. The molecule has 0 bridgehead atoms. The molecular formula is C17H23N3O3. The molecule has 1 aromatic heterocycles. The largest absolute Gasteiger partial charge is 0.497 e. The lowest BCUT2D eigenvalue weighted by molar-refractivity contribution is -0.127. The fraction of sp³-hybridized carbons (Fsp3) is 0.471. The Labute approximate surface area is 135 Å². The van der Waals surface area contributed by atoms with Crippen LogP contribution in [0.3, 0.4) is 0 Å². The number of hydrogen-bond donors (Lipinski definition) is 4. The molecule has 6 heteroatoms. The number of methoxy groups -OCH3 is 1. The van der Waals surface area contributed by atoms with Crippen LogP contribution >= 0.6 is 0 Å². The van der Waals surface area contributed by atoms with Crippen molar-refractivity contribution in [2.45, 2.75) is 38.0 Å². The third-order valence-electron chi connectivity index (χ3n) is 4.57. The van der Waals surface area contributed by atoms with Crippen molar-refractivity contribution >= 4 is 16.8 Å². The van der Waals surface area contributed by atoms with E-state index in [1.54, 1.807) is 7.11 Å². The number of H-pyrrole nitrogens is 1. The molecule has 0 aliphatic heterocycles. The number of aromatic amines is 1. The van der Waals surface area contributed by atoms with Crippen LogP contribution in [0.15, 0.2) is 24.3 Å². The van der Waals surface area contributed by atoms with Gasteiger partial charge >= 0.3 is 0 Å². The summed E-state index contributed by atoms with van der Waals surface area (Å²) >= 11 is 0. The number of aliphatic hydroxyl groups is 1. The second-order valence-electron chi connectivity index (χ2n) is 6.21. The molecule has 1 aromatic carbocycles. The van der Waals surface area contributed by atoms with Gasteiger partial charge in [-0.15, -0.1) is 0 Å². The first-order valence-electron chi connectivity index (χ1n) is 7.94. The van der Waals surface area contributed by atoms with Crippen molar-refractivity contribution in [1.29, 1.82) is 0 Å². The van der Waals surface area contributed by atoms with Gasteiger partial charge in [0.05, 0.1) is 19.8 Å². The summed E-state index contributed by atoms with van der Waals surface area (Å²) in [6, 6.07) is 7.52. The van der Waals surface area contributed by atoms with Crippen molar-refractivity contribution in [2.24, 2.45) is 11.7 Å². The molecule has 0 spiro atoms. The fourth-order valence-electron chi connectivity index (χ4n) is 3.15. The number of aromatic nitrogens is 1. The summed E-state index contributed by atoms with van der Waals surface area (Å²) in [7, 11) is 1.64. The average Bonchev–Trinajstić information content (AvgIpc) is 2.96. The number of carbonyl (C=O) groups is 1. The summed E-state index contributed by atoms with van der Waals surface area (Å²) in [5.41, 5.74) is 7.80. The number of rotatable bonds is 4. The monoisotopic (exact) mass is 317 g/mol. The minimum absolute atomic E-state index is 0.00332. The van der Waals surface area contributed by atoms with Gasteiger partial charge in [-0.3, -0.25) is 4.79 Å². The van der Waals surface area contributed by atoms with Crippen LogP contribution < -0.4 is 15.8 Å². The van der Waals surface area contributed by atoms with Crippen LogP contribution in [0.4, 0.5) is 0 Å². The fourth-order valence-corrected chi connectivity index (χ4v) is 3.15. The highest BCUT2D eigenvalue weighted by Gasteiger charge is 2.30. The smallest absolute Gasteiger partial charge is 0.223 e. The maximum Gasteiger partial charge on any atom is 0.223 e. The topological polar surface area (TPSA) is 100 Å². The van der Waals surface area contributed by atoms with Crippen LogP contribution in [-0.4, -0.2) is 35.3 Å². The predicted octanol–water partition coefficient (Wildman–Crippen LogP) is 1.28. The molecule has 1 amide bonds. The summed E-state index contributed by atoms with van der Waals surface area (Å²) < 4.78 is 5.21. The molecule has 124 valence electrons. The molecule has 5 N–H and O–H groups in total. The van der Waals surface area contributed by atoms with Gasteiger partial charge in [-0.25, -0.2) is 0 Å². The zero-order chi connectivity index (χ0) is 16.4. The summed E-state index contributed by atoms with van der Waals surface area (Å²) in [6.45, 7) is 0.449. The number of carbonyl (C=O) groups excluding carboxylic acids is 1. The first kappa shape index (κ1) is 15.8. The number of nitrogens with one attached hydrogen (secondary N) is 2. The number of aliphatic hydroxyl groups excluding tert-OH is 1. The van der Waals surface area contributed by atoms with Gasteiger partial charge in [0, 0.05) is 28.6 Å². The van der Waals surface area contributed by atoms with Crippen LogP contribution in [-0.2, 0) is 11.3 Å². The maximum atomic E-state index is 12.3. The zero-order valence-electron chi connectivity index (χ0n) is 13.2. The molecule has 0 unspecified atom stereocenters. The van der Waals surface area contributed by atoms with E-state index in [-0.39, 0.29) is 17.9 Å². The van der Waals surface area contributed by atoms with E-state index < -0.39 is 6.10 Å². The number of fused-ring (bicyclic) bond motifs is 1. The van der Waals surface area contributed by atoms with Gasteiger partial charge in [-0.1, -0.05) is 0 Å². The highest BCUT2D eigenvalue weighted by Crippen LogP contribution is 2.24. The minimum Gasteiger partial charge on any atom is -0.497 e. The van der Waals surface area contributed by atoms with Gasteiger partial charge in [0.15, 0.2) is 0 Å². The maximum absolute atomic E-state index is 12.3. The van der Waals surface area contributed by atoms with Gasteiger partial charge in [0.1, 0.15) is 5.75 Å². The van der Waals surface area contributed by atoms with E-state index in [2.05, 4.69) is 10.3 Å². The van der Waals surface area contributed by atoms with Crippen LogP contribution in [0.5, 0.6) is 5.75 Å². The van der Waals surface area contributed by atoms with Gasteiger partial charge in [0.25, 0.3) is 0 Å². The van der Waals surface area contributed by atoms with Crippen molar-refractivity contribution in [1.82, 2.24) is 10.3 Å². The SMILES string of the molecule is COc1ccc2[nH]c(CNC(=O)[C@H]3CC[C@@H](O)[C@H](N)C3)cc2c1. The second-order valence-corrected chi connectivity index (χ2v) is 6.21. The lowest BCUT2D eigenvalue weighted by Gasteiger charge is -2.29. The number of ether oxygens (including phenoxy) is 1. The van der Waals surface area contributed by atoms with Gasteiger partial charge in [-0.2, -0.15) is 0 Å². The summed E-state index contributed by atoms with van der Waals surface area (Å²) in [5.74, 6) is 0.697. The van der Waals surface area contributed by atoms with Crippen molar-refractivity contribution in [3.05, 3.63) is 30.0 Å². The second kappa shape index (κ2) is 6.60. The van der Waals surface area contributed by atoms with E-state index in [9.17, 15) is 9.90 Å². The molecular weight excluding hydrogens is 294 g/mol. The highest BCUT2D eigenvalue weighted by atomic mass is 16.5. The molecule has 3 rings (SSSR count). The normalized spacial score (nSPS) is 24.6. The number of nitrogens with two attached hydrogens (primary N) is 1. The quantitative estimate of drug-likeness (QED) is 0.682. The van der Waals surface area contributed by atoms with Gasteiger partial charge in [-0.05, 0) is 43.5 Å². The minimum atomic E-state index is -0.484.